The van der Waals surface area contributed by atoms with E-state index < -0.39 is 17.5 Å². The second kappa shape index (κ2) is 8.87. The minimum Gasteiger partial charge on any atom is -0.320 e. The number of anilines is 1. The molecule has 0 bridgehead atoms. The van der Waals surface area contributed by atoms with E-state index in [1.807, 2.05) is 0 Å². The summed E-state index contributed by atoms with van der Waals surface area (Å²) in [5.41, 5.74) is 0.956. The van der Waals surface area contributed by atoms with Gasteiger partial charge in [-0.25, -0.2) is 8.78 Å². The van der Waals surface area contributed by atoms with Gasteiger partial charge in [0.25, 0.3) is 0 Å². The minimum atomic E-state index is -0.565. The third-order valence-electron chi connectivity index (χ3n) is 4.96. The zero-order chi connectivity index (χ0) is 21.1. The quantitative estimate of drug-likeness (QED) is 0.519. The first-order valence-electron chi connectivity index (χ1n) is 9.67. The summed E-state index contributed by atoms with van der Waals surface area (Å²) in [7, 11) is 0. The van der Waals surface area contributed by atoms with Crippen LogP contribution in [0.1, 0.15) is 30.7 Å². The van der Waals surface area contributed by atoms with Gasteiger partial charge in [-0.3, -0.25) is 4.79 Å². The Morgan fingerprint density at radius 2 is 1.90 bits per heavy atom. The molecule has 0 saturated heterocycles. The SMILES string of the molecule is O=C(/C=C/c1cc(Br)ccc1F)Nc1cc(-c2nnc3n2CCCCC3)ccc1F. The highest BCUT2D eigenvalue weighted by Gasteiger charge is 2.17. The third-order valence-corrected chi connectivity index (χ3v) is 5.46. The van der Waals surface area contributed by atoms with Crippen LogP contribution >= 0.6 is 15.9 Å². The average molecular weight is 473 g/mol. The molecule has 1 aliphatic rings. The molecule has 8 heteroatoms. The summed E-state index contributed by atoms with van der Waals surface area (Å²) < 4.78 is 30.9. The van der Waals surface area contributed by atoms with Gasteiger partial charge >= 0.3 is 0 Å². The summed E-state index contributed by atoms with van der Waals surface area (Å²) in [5.74, 6) is 0.00343. The van der Waals surface area contributed by atoms with Crippen molar-refractivity contribution in [3.8, 4) is 11.4 Å². The maximum Gasteiger partial charge on any atom is 0.248 e. The van der Waals surface area contributed by atoms with Crippen molar-refractivity contribution < 1.29 is 13.6 Å². The molecule has 0 spiro atoms. The molecule has 1 aromatic heterocycles. The normalized spacial score (nSPS) is 13.8. The fourth-order valence-electron chi connectivity index (χ4n) is 3.44. The van der Waals surface area contributed by atoms with Crippen LogP contribution < -0.4 is 5.32 Å². The molecular weight excluding hydrogens is 454 g/mol. The van der Waals surface area contributed by atoms with Gasteiger partial charge in [0.2, 0.25) is 5.91 Å². The summed E-state index contributed by atoms with van der Waals surface area (Å²) in [6, 6.07) is 8.88. The van der Waals surface area contributed by atoms with Crippen LogP contribution in [-0.4, -0.2) is 20.7 Å². The molecule has 0 radical (unpaired) electrons. The Balaban J connectivity index is 1.55. The van der Waals surface area contributed by atoms with Crippen LogP contribution in [0.15, 0.2) is 46.9 Å². The monoisotopic (exact) mass is 472 g/mol. The highest BCUT2D eigenvalue weighted by molar-refractivity contribution is 9.10. The molecule has 0 unspecified atom stereocenters. The predicted octanol–water partition coefficient (Wildman–Crippen LogP) is 5.36. The van der Waals surface area contributed by atoms with Crippen molar-refractivity contribution in [2.45, 2.75) is 32.2 Å². The Labute approximate surface area is 181 Å². The first-order valence-corrected chi connectivity index (χ1v) is 10.5. The van der Waals surface area contributed by atoms with Gasteiger partial charge < -0.3 is 9.88 Å². The number of hydrogen-bond donors (Lipinski definition) is 1. The second-order valence-corrected chi connectivity index (χ2v) is 8.00. The molecule has 0 fully saturated rings. The number of halogens is 3. The van der Waals surface area contributed by atoms with Crippen molar-refractivity contribution in [2.24, 2.45) is 0 Å². The van der Waals surface area contributed by atoms with E-state index in [0.29, 0.717) is 15.9 Å². The molecule has 0 saturated carbocycles. The number of aryl methyl sites for hydroxylation is 1. The molecule has 1 aliphatic heterocycles. The fourth-order valence-corrected chi connectivity index (χ4v) is 3.82. The average Bonchev–Trinajstić information content (AvgIpc) is 2.98. The van der Waals surface area contributed by atoms with Crippen LogP contribution in [0.25, 0.3) is 17.5 Å². The summed E-state index contributed by atoms with van der Waals surface area (Å²) >= 11 is 3.26. The van der Waals surface area contributed by atoms with E-state index in [9.17, 15) is 13.6 Å². The van der Waals surface area contributed by atoms with Gasteiger partial charge in [0, 0.05) is 34.6 Å². The first kappa shape index (κ1) is 20.4. The summed E-state index contributed by atoms with van der Waals surface area (Å²) in [6.45, 7) is 0.817. The highest BCUT2D eigenvalue weighted by Crippen LogP contribution is 2.26. The lowest BCUT2D eigenvalue weighted by Gasteiger charge is -2.09. The van der Waals surface area contributed by atoms with Gasteiger partial charge in [0.15, 0.2) is 5.82 Å². The lowest BCUT2D eigenvalue weighted by atomic mass is 10.1. The predicted molar refractivity (Wildman–Crippen MR) is 115 cm³/mol. The molecule has 2 aromatic carbocycles. The van der Waals surface area contributed by atoms with Gasteiger partial charge in [-0.15, -0.1) is 10.2 Å². The Hall–Kier alpha value is -2.87. The van der Waals surface area contributed by atoms with E-state index in [0.717, 1.165) is 38.1 Å². The highest BCUT2D eigenvalue weighted by atomic mass is 79.9. The number of hydrogen-bond acceptors (Lipinski definition) is 3. The number of nitrogens with zero attached hydrogens (tertiary/aromatic N) is 3. The van der Waals surface area contributed by atoms with Gasteiger partial charge in [-0.05, 0) is 55.3 Å². The molecule has 30 heavy (non-hydrogen) atoms. The first-order chi connectivity index (χ1) is 14.5. The van der Waals surface area contributed by atoms with E-state index in [-0.39, 0.29) is 11.3 Å². The van der Waals surface area contributed by atoms with E-state index >= 15 is 0 Å². The Bertz CT molecular complexity index is 1130. The van der Waals surface area contributed by atoms with Gasteiger partial charge in [-0.2, -0.15) is 0 Å². The van der Waals surface area contributed by atoms with E-state index in [1.54, 1.807) is 24.3 Å². The number of rotatable bonds is 4. The van der Waals surface area contributed by atoms with Gasteiger partial charge in [0.1, 0.15) is 17.5 Å². The van der Waals surface area contributed by atoms with Crippen LogP contribution in [0.2, 0.25) is 0 Å². The molecule has 2 heterocycles. The molecule has 0 aliphatic carbocycles. The van der Waals surface area contributed by atoms with Crippen molar-refractivity contribution in [3.05, 3.63) is 70.0 Å². The number of amides is 1. The molecule has 1 amide bonds. The Kier molecular flexibility index (Phi) is 6.03. The van der Waals surface area contributed by atoms with Crippen LogP contribution in [-0.2, 0) is 17.8 Å². The van der Waals surface area contributed by atoms with Crippen molar-refractivity contribution in [1.29, 1.82) is 0 Å². The molecule has 1 N–H and O–H groups in total. The molecule has 154 valence electrons. The van der Waals surface area contributed by atoms with E-state index in [1.165, 1.54) is 24.3 Å². The van der Waals surface area contributed by atoms with Crippen molar-refractivity contribution >= 4 is 33.6 Å². The van der Waals surface area contributed by atoms with Crippen molar-refractivity contribution in [2.75, 3.05) is 5.32 Å². The van der Waals surface area contributed by atoms with Crippen LogP contribution in [0, 0.1) is 11.6 Å². The van der Waals surface area contributed by atoms with Crippen LogP contribution in [0.5, 0.6) is 0 Å². The topological polar surface area (TPSA) is 59.8 Å². The molecular formula is C22H19BrF2N4O. The Morgan fingerprint density at radius 3 is 2.77 bits per heavy atom. The van der Waals surface area contributed by atoms with E-state index in [2.05, 4.69) is 36.0 Å². The van der Waals surface area contributed by atoms with Crippen molar-refractivity contribution in [1.82, 2.24) is 14.8 Å². The summed E-state index contributed by atoms with van der Waals surface area (Å²) in [4.78, 5) is 12.3. The lowest BCUT2D eigenvalue weighted by Crippen LogP contribution is -2.10. The minimum absolute atomic E-state index is 0.0304. The number of carbonyl (C=O) groups is 1. The number of fused-ring (bicyclic) bond motifs is 1. The molecule has 0 atom stereocenters. The van der Waals surface area contributed by atoms with Gasteiger partial charge in [-0.1, -0.05) is 22.4 Å². The third kappa shape index (κ3) is 4.48. The maximum atomic E-state index is 14.3. The fraction of sp³-hybridized carbons (Fsp3) is 0.227. The molecule has 3 aromatic rings. The zero-order valence-corrected chi connectivity index (χ0v) is 17.6. The molecule has 4 rings (SSSR count). The number of carbonyl (C=O) groups excluding carboxylic acids is 1. The number of nitrogens with one attached hydrogen (secondary N) is 1. The summed E-state index contributed by atoms with van der Waals surface area (Å²) in [6.07, 6.45) is 6.64. The van der Waals surface area contributed by atoms with Crippen molar-refractivity contribution in [3.63, 3.8) is 0 Å². The number of aromatic nitrogens is 3. The molecule has 5 nitrogen and oxygen atoms in total. The lowest BCUT2D eigenvalue weighted by molar-refractivity contribution is -0.111. The maximum absolute atomic E-state index is 14.3. The Morgan fingerprint density at radius 1 is 1.07 bits per heavy atom. The standard InChI is InChI=1S/C22H19BrF2N4O/c23-16-7-9-17(24)14(12-16)6-10-21(30)26-19-13-15(5-8-18(19)25)22-28-27-20-4-2-1-3-11-29(20)22/h5-10,12-13H,1-4,11H2,(H,26,30)/b10-6+. The van der Waals surface area contributed by atoms with Crippen LogP contribution in [0.3, 0.4) is 0 Å². The number of benzene rings is 2. The smallest absolute Gasteiger partial charge is 0.248 e. The largest absolute Gasteiger partial charge is 0.320 e. The van der Waals surface area contributed by atoms with E-state index in [4.69, 9.17) is 0 Å². The summed E-state index contributed by atoms with van der Waals surface area (Å²) in [5, 5.41) is 11.1. The second-order valence-electron chi connectivity index (χ2n) is 7.09. The van der Waals surface area contributed by atoms with Gasteiger partial charge in [0.05, 0.1) is 5.69 Å². The van der Waals surface area contributed by atoms with Crippen LogP contribution in [0.4, 0.5) is 14.5 Å². The zero-order valence-electron chi connectivity index (χ0n) is 16.0.